The normalized spacial score (nSPS) is 11.6. The molecule has 1 N–H and O–H groups in total. The predicted molar refractivity (Wildman–Crippen MR) is 114 cm³/mol. The van der Waals surface area contributed by atoms with Crippen LogP contribution in [0.25, 0.3) is 11.1 Å². The number of aromatic nitrogens is 1. The van der Waals surface area contributed by atoms with Crippen LogP contribution in [0.4, 0.5) is 4.79 Å². The van der Waals surface area contributed by atoms with Gasteiger partial charge in [0.15, 0.2) is 5.78 Å². The minimum Gasteiger partial charge on any atom is -0.449 e. The number of rotatable bonds is 4. The lowest BCUT2D eigenvalue weighted by Gasteiger charge is -2.14. The van der Waals surface area contributed by atoms with Crippen LogP contribution in [0.15, 0.2) is 66.7 Å². The Kier molecular flexibility index (Phi) is 5.58. The molecule has 1 amide bonds. The molecule has 0 saturated carbocycles. The fourth-order valence-corrected chi connectivity index (χ4v) is 3.60. The van der Waals surface area contributed by atoms with E-state index in [4.69, 9.17) is 4.74 Å². The van der Waals surface area contributed by atoms with E-state index in [1.807, 2.05) is 24.3 Å². The molecule has 0 fully saturated rings. The van der Waals surface area contributed by atoms with Crippen molar-refractivity contribution in [2.45, 2.75) is 12.8 Å². The number of ketones is 1. The number of amides is 1. The van der Waals surface area contributed by atoms with Crippen molar-refractivity contribution in [1.29, 1.82) is 0 Å². The molecule has 0 saturated heterocycles. The molecule has 2 aromatic carbocycles. The zero-order valence-corrected chi connectivity index (χ0v) is 16.5. The Labute approximate surface area is 175 Å². The van der Waals surface area contributed by atoms with E-state index < -0.39 is 6.09 Å². The first kappa shape index (κ1) is 19.4. The van der Waals surface area contributed by atoms with Crippen molar-refractivity contribution < 1.29 is 14.3 Å². The van der Waals surface area contributed by atoms with Crippen LogP contribution in [0.5, 0.6) is 0 Å². The van der Waals surface area contributed by atoms with E-state index in [2.05, 4.69) is 46.4 Å². The molecule has 1 aromatic heterocycles. The summed E-state index contributed by atoms with van der Waals surface area (Å²) in [5.74, 6) is 5.56. The van der Waals surface area contributed by atoms with Gasteiger partial charge in [0.25, 0.3) is 0 Å². The number of nitrogens with one attached hydrogen (secondary N) is 1. The number of fused-ring (bicyclic) bond motifs is 3. The third-order valence-corrected chi connectivity index (χ3v) is 4.99. The number of hydrogen-bond donors (Lipinski definition) is 1. The van der Waals surface area contributed by atoms with E-state index in [9.17, 15) is 9.59 Å². The molecule has 4 rings (SSSR count). The number of benzene rings is 2. The quantitative estimate of drug-likeness (QED) is 0.531. The molecular weight excluding hydrogens is 376 g/mol. The zero-order valence-electron chi connectivity index (χ0n) is 16.5. The maximum atomic E-state index is 12.1. The predicted octanol–water partition coefficient (Wildman–Crippen LogP) is 4.17. The third kappa shape index (κ3) is 4.08. The van der Waals surface area contributed by atoms with Crippen molar-refractivity contribution >= 4 is 11.9 Å². The number of hydrogen-bond acceptors (Lipinski definition) is 4. The summed E-state index contributed by atoms with van der Waals surface area (Å²) in [6.07, 6.45) is -0.517. The van der Waals surface area contributed by atoms with Crippen molar-refractivity contribution in [2.24, 2.45) is 0 Å². The van der Waals surface area contributed by atoms with Crippen LogP contribution in [-0.2, 0) is 4.74 Å². The maximum Gasteiger partial charge on any atom is 0.407 e. The van der Waals surface area contributed by atoms with E-state index in [0.717, 1.165) is 0 Å². The minimum atomic E-state index is -0.517. The average molecular weight is 396 g/mol. The van der Waals surface area contributed by atoms with Crippen LogP contribution >= 0.6 is 0 Å². The molecule has 0 spiro atoms. The Hall–Kier alpha value is -3.91. The summed E-state index contributed by atoms with van der Waals surface area (Å²) in [6, 6.07) is 21.5. The number of Topliss-reactive ketones (excluding diaryl/α,β-unsaturated/α-hetero) is 1. The van der Waals surface area contributed by atoms with Crippen molar-refractivity contribution in [3.63, 3.8) is 0 Å². The van der Waals surface area contributed by atoms with Gasteiger partial charge in [-0.1, -0.05) is 60.5 Å². The largest absolute Gasteiger partial charge is 0.449 e. The first-order chi connectivity index (χ1) is 14.6. The van der Waals surface area contributed by atoms with Gasteiger partial charge in [0.05, 0.1) is 6.54 Å². The van der Waals surface area contributed by atoms with Gasteiger partial charge >= 0.3 is 6.09 Å². The SMILES string of the molecule is CC(=O)c1cccc(C#CCNC(=O)OCC2c3ccccc3-c3ccccc32)n1. The van der Waals surface area contributed by atoms with Crippen LogP contribution in [0.3, 0.4) is 0 Å². The number of ether oxygens (including phenoxy) is 1. The smallest absolute Gasteiger partial charge is 0.407 e. The van der Waals surface area contributed by atoms with E-state index in [0.29, 0.717) is 11.4 Å². The molecule has 1 aliphatic rings. The van der Waals surface area contributed by atoms with Gasteiger partial charge in [-0.05, 0) is 40.3 Å². The highest BCUT2D eigenvalue weighted by Gasteiger charge is 2.28. The van der Waals surface area contributed by atoms with E-state index in [1.165, 1.54) is 29.2 Å². The second kappa shape index (κ2) is 8.62. The lowest BCUT2D eigenvalue weighted by atomic mass is 9.98. The number of alkyl carbamates (subject to hydrolysis) is 1. The zero-order chi connectivity index (χ0) is 20.9. The van der Waals surface area contributed by atoms with Gasteiger partial charge in [-0.15, -0.1) is 0 Å². The molecular formula is C25H20N2O3. The number of carbonyl (C=O) groups excluding carboxylic acids is 2. The van der Waals surface area contributed by atoms with E-state index in [-0.39, 0.29) is 24.9 Å². The first-order valence-electron chi connectivity index (χ1n) is 9.69. The Bertz CT molecular complexity index is 1130. The van der Waals surface area contributed by atoms with Crippen LogP contribution in [-0.4, -0.2) is 30.0 Å². The second-order valence-corrected chi connectivity index (χ2v) is 6.95. The first-order valence-corrected chi connectivity index (χ1v) is 9.69. The monoisotopic (exact) mass is 396 g/mol. The van der Waals surface area contributed by atoms with Crippen molar-refractivity contribution in [3.05, 3.63) is 89.2 Å². The van der Waals surface area contributed by atoms with Crippen molar-refractivity contribution in [2.75, 3.05) is 13.2 Å². The highest BCUT2D eigenvalue weighted by Crippen LogP contribution is 2.44. The van der Waals surface area contributed by atoms with Gasteiger partial charge in [-0.2, -0.15) is 0 Å². The van der Waals surface area contributed by atoms with Crippen molar-refractivity contribution in [1.82, 2.24) is 10.3 Å². The van der Waals surface area contributed by atoms with Gasteiger partial charge < -0.3 is 10.1 Å². The highest BCUT2D eigenvalue weighted by atomic mass is 16.5. The van der Waals surface area contributed by atoms with Gasteiger partial charge in [0, 0.05) is 12.8 Å². The van der Waals surface area contributed by atoms with Crippen molar-refractivity contribution in [3.8, 4) is 23.0 Å². The van der Waals surface area contributed by atoms with Crippen LogP contribution in [0, 0.1) is 11.8 Å². The number of carbonyl (C=O) groups is 2. The molecule has 1 aliphatic carbocycles. The maximum absolute atomic E-state index is 12.1. The molecule has 1 heterocycles. The summed E-state index contributed by atoms with van der Waals surface area (Å²) in [4.78, 5) is 27.6. The van der Waals surface area contributed by atoms with Gasteiger partial charge in [-0.25, -0.2) is 9.78 Å². The molecule has 0 aliphatic heterocycles. The van der Waals surface area contributed by atoms with E-state index in [1.54, 1.807) is 18.2 Å². The Morgan fingerprint density at radius 2 is 1.63 bits per heavy atom. The lowest BCUT2D eigenvalue weighted by Crippen LogP contribution is -2.26. The molecule has 30 heavy (non-hydrogen) atoms. The van der Waals surface area contributed by atoms with Crippen LogP contribution in [0.2, 0.25) is 0 Å². The fraction of sp³-hybridized carbons (Fsp3) is 0.160. The molecule has 0 radical (unpaired) electrons. The Balaban J connectivity index is 1.34. The van der Waals surface area contributed by atoms with E-state index >= 15 is 0 Å². The summed E-state index contributed by atoms with van der Waals surface area (Å²) in [5, 5.41) is 2.63. The van der Waals surface area contributed by atoms with Crippen LogP contribution in [0.1, 0.15) is 40.2 Å². The van der Waals surface area contributed by atoms with Gasteiger partial charge in [-0.3, -0.25) is 4.79 Å². The topological polar surface area (TPSA) is 68.3 Å². The molecule has 148 valence electrons. The highest BCUT2D eigenvalue weighted by molar-refractivity contribution is 5.92. The molecule has 5 nitrogen and oxygen atoms in total. The summed E-state index contributed by atoms with van der Waals surface area (Å²) < 4.78 is 5.46. The summed E-state index contributed by atoms with van der Waals surface area (Å²) in [5.41, 5.74) is 5.57. The fourth-order valence-electron chi connectivity index (χ4n) is 3.60. The van der Waals surface area contributed by atoms with Crippen LogP contribution < -0.4 is 5.32 Å². The molecule has 3 aromatic rings. The van der Waals surface area contributed by atoms with Gasteiger partial charge in [0.1, 0.15) is 18.0 Å². The molecule has 0 atom stereocenters. The Morgan fingerprint density at radius 3 is 2.30 bits per heavy atom. The molecule has 0 bridgehead atoms. The molecule has 0 unspecified atom stereocenters. The Morgan fingerprint density at radius 1 is 0.967 bits per heavy atom. The second-order valence-electron chi connectivity index (χ2n) is 6.95. The summed E-state index contributed by atoms with van der Waals surface area (Å²) in [6.45, 7) is 1.84. The summed E-state index contributed by atoms with van der Waals surface area (Å²) >= 11 is 0. The van der Waals surface area contributed by atoms with Gasteiger partial charge in [0.2, 0.25) is 0 Å². The minimum absolute atomic E-state index is 0.0211. The standard InChI is InChI=1S/C25H20N2O3/c1-17(28)24-14-6-8-18(27-24)9-7-15-26-25(29)30-16-23-21-12-4-2-10-19(21)20-11-3-5-13-22(20)23/h2-6,8,10-14,23H,15-16H2,1H3,(H,26,29). The third-order valence-electron chi connectivity index (χ3n) is 4.99. The molecule has 5 heteroatoms. The lowest BCUT2D eigenvalue weighted by molar-refractivity contribution is 0.101. The number of nitrogens with zero attached hydrogens (tertiary/aromatic N) is 1. The summed E-state index contributed by atoms with van der Waals surface area (Å²) in [7, 11) is 0. The average Bonchev–Trinajstić information content (AvgIpc) is 3.09. The number of pyridine rings is 1.